The van der Waals surface area contributed by atoms with Gasteiger partial charge in [0.2, 0.25) is 0 Å². The fraction of sp³-hybridized carbons (Fsp3) is 0.917. The van der Waals surface area contributed by atoms with Crippen LogP contribution in [0.1, 0.15) is 39.0 Å². The number of nitrogens with zero attached hydrogens (tertiary/aromatic N) is 1. The molecule has 1 N–H and O–H groups in total. The summed E-state index contributed by atoms with van der Waals surface area (Å²) in [5.41, 5.74) is 0. The van der Waals surface area contributed by atoms with Crippen molar-refractivity contribution in [2.24, 2.45) is 5.92 Å². The third-order valence-corrected chi connectivity index (χ3v) is 3.70. The fourth-order valence-electron chi connectivity index (χ4n) is 2.41. The number of halogens is 3. The molecule has 1 saturated carbocycles. The summed E-state index contributed by atoms with van der Waals surface area (Å²) in [6.07, 6.45) is 0.659. The highest BCUT2D eigenvalue weighted by molar-refractivity contribution is 5.74. The molecule has 0 spiro atoms. The molecule has 1 fully saturated rings. The summed E-state index contributed by atoms with van der Waals surface area (Å²) in [5, 5.41) is 1.91. The van der Waals surface area contributed by atoms with Gasteiger partial charge in [0.05, 0.1) is 0 Å². The van der Waals surface area contributed by atoms with Crippen LogP contribution in [0.3, 0.4) is 0 Å². The molecular weight excluding hydrogens is 245 g/mol. The third kappa shape index (κ3) is 4.74. The summed E-state index contributed by atoms with van der Waals surface area (Å²) in [7, 11) is 1.57. The average molecular weight is 266 g/mol. The van der Waals surface area contributed by atoms with E-state index < -0.39 is 18.8 Å². The van der Waals surface area contributed by atoms with Gasteiger partial charge in [-0.05, 0) is 31.6 Å². The monoisotopic (exact) mass is 266 g/mol. The van der Waals surface area contributed by atoms with Gasteiger partial charge in [-0.3, -0.25) is 0 Å². The van der Waals surface area contributed by atoms with Crippen LogP contribution in [-0.4, -0.2) is 36.7 Å². The normalized spacial score (nSPS) is 24.7. The van der Waals surface area contributed by atoms with E-state index in [4.69, 9.17) is 0 Å². The van der Waals surface area contributed by atoms with Gasteiger partial charge in [0.15, 0.2) is 0 Å². The van der Waals surface area contributed by atoms with Crippen molar-refractivity contribution in [1.29, 1.82) is 0 Å². The molecule has 0 aromatic carbocycles. The maximum absolute atomic E-state index is 12.0. The lowest BCUT2D eigenvalue weighted by molar-refractivity contribution is -0.123. The first-order valence-corrected chi connectivity index (χ1v) is 6.41. The minimum absolute atomic E-state index is 0.0704. The highest BCUT2D eigenvalue weighted by atomic mass is 19.4. The minimum Gasteiger partial charge on any atom is -0.329 e. The second kappa shape index (κ2) is 6.29. The Bertz CT molecular complexity index is 273. The van der Waals surface area contributed by atoms with Crippen molar-refractivity contribution in [2.45, 2.75) is 51.2 Å². The molecule has 0 aromatic rings. The maximum Gasteiger partial charge on any atom is 0.405 e. The Hall–Kier alpha value is -0.940. The first kappa shape index (κ1) is 15.1. The highest BCUT2D eigenvalue weighted by Gasteiger charge is 2.30. The molecule has 0 heterocycles. The number of hydrogen-bond acceptors (Lipinski definition) is 1. The lowest BCUT2D eigenvalue weighted by atomic mass is 9.84. The van der Waals surface area contributed by atoms with E-state index >= 15 is 0 Å². The summed E-state index contributed by atoms with van der Waals surface area (Å²) < 4.78 is 36.0. The Balaban J connectivity index is 2.35. The smallest absolute Gasteiger partial charge is 0.329 e. The number of alkyl halides is 3. The summed E-state index contributed by atoms with van der Waals surface area (Å²) in [5.74, 6) is 0.702. The molecular formula is C12H21F3N2O. The molecule has 106 valence electrons. The Morgan fingerprint density at radius 2 is 1.83 bits per heavy atom. The number of urea groups is 1. The Kier molecular flexibility index (Phi) is 5.28. The molecule has 0 radical (unpaired) electrons. The molecule has 2 amide bonds. The molecule has 0 saturated heterocycles. The van der Waals surface area contributed by atoms with Gasteiger partial charge < -0.3 is 10.2 Å². The van der Waals surface area contributed by atoms with Crippen molar-refractivity contribution in [2.75, 3.05) is 13.6 Å². The SMILES string of the molecule is CCC1CCC(N(C)C(=O)NCC(F)(F)F)CC1. The van der Waals surface area contributed by atoms with E-state index in [2.05, 4.69) is 6.92 Å². The predicted octanol–water partition coefficient (Wildman–Crippen LogP) is 3.16. The largest absolute Gasteiger partial charge is 0.405 e. The van der Waals surface area contributed by atoms with Crippen LogP contribution in [0.2, 0.25) is 0 Å². The molecule has 0 atom stereocenters. The van der Waals surface area contributed by atoms with Gasteiger partial charge in [-0.2, -0.15) is 13.2 Å². The Morgan fingerprint density at radius 1 is 1.28 bits per heavy atom. The van der Waals surface area contributed by atoms with Crippen LogP contribution in [0.4, 0.5) is 18.0 Å². The van der Waals surface area contributed by atoms with E-state index in [1.165, 1.54) is 4.90 Å². The lowest BCUT2D eigenvalue weighted by Crippen LogP contribution is -2.47. The highest BCUT2D eigenvalue weighted by Crippen LogP contribution is 2.28. The van der Waals surface area contributed by atoms with Crippen molar-refractivity contribution >= 4 is 6.03 Å². The van der Waals surface area contributed by atoms with Crippen molar-refractivity contribution in [3.05, 3.63) is 0 Å². The zero-order chi connectivity index (χ0) is 13.8. The zero-order valence-corrected chi connectivity index (χ0v) is 10.9. The predicted molar refractivity (Wildman–Crippen MR) is 63.3 cm³/mol. The van der Waals surface area contributed by atoms with Gasteiger partial charge >= 0.3 is 12.2 Å². The van der Waals surface area contributed by atoms with Crippen molar-refractivity contribution in [3.8, 4) is 0 Å². The quantitative estimate of drug-likeness (QED) is 0.836. The minimum atomic E-state index is -4.35. The van der Waals surface area contributed by atoms with Crippen LogP contribution in [0.25, 0.3) is 0 Å². The number of rotatable bonds is 3. The number of carbonyl (C=O) groups is 1. The van der Waals surface area contributed by atoms with Crippen LogP contribution in [0.15, 0.2) is 0 Å². The molecule has 0 aliphatic heterocycles. The first-order chi connectivity index (χ1) is 8.33. The van der Waals surface area contributed by atoms with Crippen LogP contribution >= 0.6 is 0 Å². The van der Waals surface area contributed by atoms with Crippen molar-refractivity contribution in [3.63, 3.8) is 0 Å². The van der Waals surface area contributed by atoms with Crippen molar-refractivity contribution in [1.82, 2.24) is 10.2 Å². The second-order valence-electron chi connectivity index (χ2n) is 4.97. The van der Waals surface area contributed by atoms with E-state index in [-0.39, 0.29) is 6.04 Å². The maximum atomic E-state index is 12.0. The zero-order valence-electron chi connectivity index (χ0n) is 10.9. The van der Waals surface area contributed by atoms with E-state index in [0.717, 1.165) is 32.1 Å². The lowest BCUT2D eigenvalue weighted by Gasteiger charge is -2.34. The Labute approximate surface area is 106 Å². The second-order valence-corrected chi connectivity index (χ2v) is 4.97. The molecule has 1 aliphatic carbocycles. The topological polar surface area (TPSA) is 32.3 Å². The van der Waals surface area contributed by atoms with E-state index in [1.54, 1.807) is 7.05 Å². The van der Waals surface area contributed by atoms with Gasteiger partial charge in [-0.15, -0.1) is 0 Å². The summed E-state index contributed by atoms with van der Waals surface area (Å²) in [6.45, 7) is 0.880. The third-order valence-electron chi connectivity index (χ3n) is 3.70. The van der Waals surface area contributed by atoms with E-state index in [1.807, 2.05) is 5.32 Å². The molecule has 18 heavy (non-hydrogen) atoms. The Morgan fingerprint density at radius 3 is 2.28 bits per heavy atom. The molecule has 3 nitrogen and oxygen atoms in total. The van der Waals surface area contributed by atoms with Crippen LogP contribution in [0.5, 0.6) is 0 Å². The number of hydrogen-bond donors (Lipinski definition) is 1. The molecule has 0 unspecified atom stereocenters. The average Bonchev–Trinajstić information content (AvgIpc) is 2.34. The standard InChI is InChI=1S/C12H21F3N2O/c1-3-9-4-6-10(7-5-9)17(2)11(18)16-8-12(13,14)15/h9-10H,3-8H2,1-2H3,(H,16,18). The van der Waals surface area contributed by atoms with Gasteiger partial charge in [0.25, 0.3) is 0 Å². The van der Waals surface area contributed by atoms with Gasteiger partial charge in [-0.25, -0.2) is 4.79 Å². The van der Waals surface area contributed by atoms with E-state index in [0.29, 0.717) is 5.92 Å². The number of amides is 2. The molecule has 1 rings (SSSR count). The molecule has 1 aliphatic rings. The van der Waals surface area contributed by atoms with Gasteiger partial charge in [0.1, 0.15) is 6.54 Å². The fourth-order valence-corrected chi connectivity index (χ4v) is 2.41. The van der Waals surface area contributed by atoms with E-state index in [9.17, 15) is 18.0 Å². The van der Waals surface area contributed by atoms with Crippen LogP contribution < -0.4 is 5.32 Å². The number of nitrogens with one attached hydrogen (secondary N) is 1. The van der Waals surface area contributed by atoms with Crippen molar-refractivity contribution < 1.29 is 18.0 Å². The molecule has 6 heteroatoms. The molecule has 0 bridgehead atoms. The van der Waals surface area contributed by atoms with Crippen LogP contribution in [0, 0.1) is 5.92 Å². The molecule has 0 aromatic heterocycles. The summed E-state index contributed by atoms with van der Waals surface area (Å²) in [4.78, 5) is 13.0. The number of carbonyl (C=O) groups excluding carboxylic acids is 1. The summed E-state index contributed by atoms with van der Waals surface area (Å²) in [6, 6.07) is -0.562. The van der Waals surface area contributed by atoms with Gasteiger partial charge in [0, 0.05) is 13.1 Å². The summed E-state index contributed by atoms with van der Waals surface area (Å²) >= 11 is 0. The first-order valence-electron chi connectivity index (χ1n) is 6.41. The van der Waals surface area contributed by atoms with Crippen LogP contribution in [-0.2, 0) is 0 Å². The van der Waals surface area contributed by atoms with Gasteiger partial charge in [-0.1, -0.05) is 13.3 Å².